The summed E-state index contributed by atoms with van der Waals surface area (Å²) >= 11 is 0. The molecule has 3 heteroatoms. The molecule has 3 unspecified atom stereocenters. The molecule has 3 aliphatic rings. The summed E-state index contributed by atoms with van der Waals surface area (Å²) in [6.07, 6.45) is 10.7. The maximum absolute atomic E-state index is 12.5. The standard InChI is InChI=1S/C20H30O3/c1-18(13-21)10-5-7-15-14(18)8-9-16-19(15,2)11-6-12-20(16,3)17(22)23-4/h7,13-14,16H,5-6,8-12H2,1-4H3/t14?,16?,18-,19+,20?/m1/s1. The molecule has 2 fully saturated rings. The van der Waals surface area contributed by atoms with E-state index in [0.717, 1.165) is 44.9 Å². The molecule has 3 aliphatic carbocycles. The third-order valence-corrected chi connectivity index (χ3v) is 7.47. The molecule has 0 amide bonds. The first-order valence-electron chi connectivity index (χ1n) is 9.07. The summed E-state index contributed by atoms with van der Waals surface area (Å²) in [5.41, 5.74) is 0.888. The van der Waals surface area contributed by atoms with E-state index in [1.165, 1.54) is 19.0 Å². The van der Waals surface area contributed by atoms with Gasteiger partial charge in [0.25, 0.3) is 0 Å². The lowest BCUT2D eigenvalue weighted by atomic mass is 9.44. The zero-order valence-electron chi connectivity index (χ0n) is 15.0. The van der Waals surface area contributed by atoms with E-state index >= 15 is 0 Å². The molecular formula is C20H30O3. The lowest BCUT2D eigenvalue weighted by Gasteiger charge is -2.59. The number of allylic oxidation sites excluding steroid dienone is 2. The van der Waals surface area contributed by atoms with Crippen LogP contribution in [0.15, 0.2) is 11.6 Å². The van der Waals surface area contributed by atoms with E-state index in [9.17, 15) is 9.59 Å². The van der Waals surface area contributed by atoms with Gasteiger partial charge in [0.05, 0.1) is 12.5 Å². The highest BCUT2D eigenvalue weighted by atomic mass is 16.5. The highest BCUT2D eigenvalue weighted by Gasteiger charge is 2.59. The van der Waals surface area contributed by atoms with Crippen molar-refractivity contribution in [2.24, 2.45) is 28.1 Å². The third-order valence-electron chi connectivity index (χ3n) is 7.47. The van der Waals surface area contributed by atoms with Crippen molar-refractivity contribution in [3.63, 3.8) is 0 Å². The van der Waals surface area contributed by atoms with Crippen molar-refractivity contribution in [1.29, 1.82) is 0 Å². The van der Waals surface area contributed by atoms with Gasteiger partial charge in [0, 0.05) is 5.41 Å². The zero-order valence-corrected chi connectivity index (χ0v) is 15.0. The van der Waals surface area contributed by atoms with Gasteiger partial charge in [-0.3, -0.25) is 4.79 Å². The number of hydrogen-bond donors (Lipinski definition) is 0. The van der Waals surface area contributed by atoms with Crippen LogP contribution in [0.3, 0.4) is 0 Å². The van der Waals surface area contributed by atoms with Crippen molar-refractivity contribution in [3.05, 3.63) is 11.6 Å². The Morgan fingerprint density at radius 1 is 1.22 bits per heavy atom. The number of fused-ring (bicyclic) bond motifs is 3. The van der Waals surface area contributed by atoms with Crippen molar-refractivity contribution in [2.75, 3.05) is 7.11 Å². The minimum atomic E-state index is -0.386. The Morgan fingerprint density at radius 2 is 1.96 bits per heavy atom. The Balaban J connectivity index is 2.03. The molecule has 5 atom stereocenters. The summed E-state index contributed by atoms with van der Waals surface area (Å²) in [6.45, 7) is 6.57. The normalized spacial score (nSPS) is 46.2. The van der Waals surface area contributed by atoms with Gasteiger partial charge in [0.2, 0.25) is 0 Å². The summed E-state index contributed by atoms with van der Waals surface area (Å²) in [5, 5.41) is 0. The first-order chi connectivity index (χ1) is 10.8. The fraction of sp³-hybridized carbons (Fsp3) is 0.800. The SMILES string of the molecule is COC(=O)C1(C)CCC[C@@]2(C)C3=CCC[C@](C)(C=O)C3CCC12. The topological polar surface area (TPSA) is 43.4 Å². The lowest BCUT2D eigenvalue weighted by Crippen LogP contribution is -2.54. The van der Waals surface area contributed by atoms with Crippen molar-refractivity contribution in [1.82, 2.24) is 0 Å². The van der Waals surface area contributed by atoms with Crippen LogP contribution in [0, 0.1) is 28.1 Å². The first kappa shape index (κ1) is 16.7. The van der Waals surface area contributed by atoms with E-state index < -0.39 is 0 Å². The molecular weight excluding hydrogens is 288 g/mol. The van der Waals surface area contributed by atoms with Gasteiger partial charge in [0.15, 0.2) is 0 Å². The molecule has 0 heterocycles. The molecule has 0 saturated heterocycles. The molecule has 0 aromatic carbocycles. The van der Waals surface area contributed by atoms with E-state index in [2.05, 4.69) is 26.8 Å². The molecule has 3 nitrogen and oxygen atoms in total. The maximum Gasteiger partial charge on any atom is 0.311 e. The van der Waals surface area contributed by atoms with Gasteiger partial charge in [-0.05, 0) is 62.7 Å². The number of ether oxygens (including phenoxy) is 1. The lowest BCUT2D eigenvalue weighted by molar-refractivity contribution is -0.165. The molecule has 2 saturated carbocycles. The molecule has 0 spiro atoms. The second-order valence-corrected chi connectivity index (χ2v) is 8.68. The van der Waals surface area contributed by atoms with Crippen LogP contribution < -0.4 is 0 Å². The third kappa shape index (κ3) is 2.22. The number of hydrogen-bond acceptors (Lipinski definition) is 3. The molecule has 0 bridgehead atoms. The van der Waals surface area contributed by atoms with Crippen molar-refractivity contribution >= 4 is 12.3 Å². The monoisotopic (exact) mass is 318 g/mol. The second kappa shape index (κ2) is 5.46. The van der Waals surface area contributed by atoms with Gasteiger partial charge in [-0.25, -0.2) is 0 Å². The van der Waals surface area contributed by atoms with E-state index in [4.69, 9.17) is 4.74 Å². The largest absolute Gasteiger partial charge is 0.469 e. The summed E-state index contributed by atoms with van der Waals surface area (Å²) in [7, 11) is 1.51. The van der Waals surface area contributed by atoms with Gasteiger partial charge >= 0.3 is 5.97 Å². The minimum absolute atomic E-state index is 0.0365. The average molecular weight is 318 g/mol. The highest BCUT2D eigenvalue weighted by Crippen LogP contribution is 2.64. The minimum Gasteiger partial charge on any atom is -0.469 e. The van der Waals surface area contributed by atoms with Crippen molar-refractivity contribution in [2.45, 2.75) is 65.7 Å². The van der Waals surface area contributed by atoms with Gasteiger partial charge in [0.1, 0.15) is 6.29 Å². The van der Waals surface area contributed by atoms with Gasteiger partial charge < -0.3 is 9.53 Å². The van der Waals surface area contributed by atoms with Gasteiger partial charge in [-0.1, -0.05) is 31.9 Å². The summed E-state index contributed by atoms with van der Waals surface area (Å²) in [5.74, 6) is 0.629. The fourth-order valence-corrected chi connectivity index (χ4v) is 6.14. The quantitative estimate of drug-likeness (QED) is 0.433. The molecule has 0 aromatic heterocycles. The molecule has 128 valence electrons. The van der Waals surface area contributed by atoms with Crippen LogP contribution in [-0.4, -0.2) is 19.4 Å². The molecule has 0 aliphatic heterocycles. The Hall–Kier alpha value is -1.12. The number of rotatable bonds is 2. The van der Waals surface area contributed by atoms with Gasteiger partial charge in [-0.15, -0.1) is 0 Å². The highest BCUT2D eigenvalue weighted by molar-refractivity contribution is 5.77. The zero-order chi connectivity index (χ0) is 16.9. The number of aldehydes is 1. The first-order valence-corrected chi connectivity index (χ1v) is 9.07. The number of esters is 1. The number of carbonyl (C=O) groups is 2. The summed E-state index contributed by atoms with van der Waals surface area (Å²) < 4.78 is 5.17. The van der Waals surface area contributed by atoms with Crippen LogP contribution in [-0.2, 0) is 14.3 Å². The number of methoxy groups -OCH3 is 1. The fourth-order valence-electron chi connectivity index (χ4n) is 6.14. The smallest absolute Gasteiger partial charge is 0.311 e. The van der Waals surface area contributed by atoms with E-state index in [1.54, 1.807) is 0 Å². The molecule has 3 rings (SSSR count). The Labute approximate surface area is 139 Å². The van der Waals surface area contributed by atoms with Crippen LogP contribution in [0.5, 0.6) is 0 Å². The Bertz CT molecular complexity index is 551. The second-order valence-electron chi connectivity index (χ2n) is 8.68. The molecule has 0 N–H and O–H groups in total. The van der Waals surface area contributed by atoms with Crippen LogP contribution in [0.2, 0.25) is 0 Å². The van der Waals surface area contributed by atoms with Crippen molar-refractivity contribution in [3.8, 4) is 0 Å². The molecule has 0 aromatic rings. The van der Waals surface area contributed by atoms with Crippen LogP contribution in [0.4, 0.5) is 0 Å². The van der Waals surface area contributed by atoms with E-state index in [0.29, 0.717) is 11.8 Å². The predicted octanol–water partition coefficient (Wildman–Crippen LogP) is 4.31. The van der Waals surface area contributed by atoms with Crippen LogP contribution in [0.1, 0.15) is 65.7 Å². The maximum atomic E-state index is 12.5. The van der Waals surface area contributed by atoms with E-state index in [1.807, 2.05) is 0 Å². The van der Waals surface area contributed by atoms with Crippen LogP contribution >= 0.6 is 0 Å². The van der Waals surface area contributed by atoms with Crippen LogP contribution in [0.25, 0.3) is 0 Å². The summed E-state index contributed by atoms with van der Waals surface area (Å²) in [4.78, 5) is 24.3. The van der Waals surface area contributed by atoms with Crippen molar-refractivity contribution < 1.29 is 14.3 Å². The average Bonchev–Trinajstić information content (AvgIpc) is 2.54. The Morgan fingerprint density at radius 3 is 2.61 bits per heavy atom. The predicted molar refractivity (Wildman–Crippen MR) is 89.8 cm³/mol. The van der Waals surface area contributed by atoms with E-state index in [-0.39, 0.29) is 22.2 Å². The Kier molecular flexibility index (Phi) is 3.97. The number of carbonyl (C=O) groups excluding carboxylic acids is 2. The summed E-state index contributed by atoms with van der Waals surface area (Å²) in [6, 6.07) is 0. The molecule has 23 heavy (non-hydrogen) atoms. The molecule has 0 radical (unpaired) electrons. The van der Waals surface area contributed by atoms with Gasteiger partial charge in [-0.2, -0.15) is 0 Å².